The first-order chi connectivity index (χ1) is 18.1. The Kier molecular flexibility index (Phi) is 7.66. The van der Waals surface area contributed by atoms with E-state index in [0.29, 0.717) is 30.2 Å². The van der Waals surface area contributed by atoms with E-state index in [1.807, 2.05) is 25.7 Å². The summed E-state index contributed by atoms with van der Waals surface area (Å²) in [4.78, 5) is 38.5. The van der Waals surface area contributed by atoms with E-state index in [4.69, 9.17) is 11.6 Å². The third-order valence-electron chi connectivity index (χ3n) is 6.65. The number of carboxylic acid groups (broad SMARTS) is 1. The molecule has 0 saturated carbocycles. The van der Waals surface area contributed by atoms with Crippen molar-refractivity contribution in [2.24, 2.45) is 0 Å². The van der Waals surface area contributed by atoms with Crippen LogP contribution in [0.1, 0.15) is 51.7 Å². The summed E-state index contributed by atoms with van der Waals surface area (Å²) >= 11 is 6.46. The highest BCUT2D eigenvalue weighted by molar-refractivity contribution is 6.28. The number of aromatic nitrogens is 4. The molecule has 1 aliphatic rings. The van der Waals surface area contributed by atoms with E-state index in [1.165, 1.54) is 9.47 Å². The van der Waals surface area contributed by atoms with Crippen LogP contribution in [0.5, 0.6) is 0 Å². The maximum Gasteiger partial charge on any atom is 0.408 e. The summed E-state index contributed by atoms with van der Waals surface area (Å²) in [5.74, 6) is 6.39. The van der Waals surface area contributed by atoms with Gasteiger partial charge in [0.1, 0.15) is 0 Å². The standard InChI is InChI=1S/C27H30ClN7O3/c1-5-6-14-33-21-22(30-24(28)34(23(21)36)16-19-11-8-7-10-18(19)15-29)31-25(33)32-13-9-12-20(17-32)35(26(37)38)27(2,3)4/h7-8,10-11,20H,9,12-14,16-17H2,1-4H3,(H,37,38). The van der Waals surface area contributed by atoms with Crippen molar-refractivity contribution in [2.75, 3.05) is 18.0 Å². The van der Waals surface area contributed by atoms with Crippen molar-refractivity contribution in [1.29, 1.82) is 5.26 Å². The average molecular weight is 536 g/mol. The number of benzene rings is 1. The summed E-state index contributed by atoms with van der Waals surface area (Å²) in [7, 11) is 0. The van der Waals surface area contributed by atoms with E-state index in [1.54, 1.807) is 35.8 Å². The summed E-state index contributed by atoms with van der Waals surface area (Å²) < 4.78 is 3.06. The fourth-order valence-electron chi connectivity index (χ4n) is 5.04. The first-order valence-corrected chi connectivity index (χ1v) is 12.8. The fourth-order valence-corrected chi connectivity index (χ4v) is 5.26. The van der Waals surface area contributed by atoms with Crippen LogP contribution >= 0.6 is 11.6 Å². The van der Waals surface area contributed by atoms with Gasteiger partial charge in [0.05, 0.1) is 30.8 Å². The van der Waals surface area contributed by atoms with Gasteiger partial charge in [-0.2, -0.15) is 15.2 Å². The van der Waals surface area contributed by atoms with Crippen molar-refractivity contribution in [3.05, 3.63) is 51.0 Å². The molecule has 1 N–H and O–H groups in total. The van der Waals surface area contributed by atoms with E-state index in [-0.39, 0.29) is 41.1 Å². The number of hydrogen-bond donors (Lipinski definition) is 1. The predicted molar refractivity (Wildman–Crippen MR) is 145 cm³/mol. The second-order valence-corrected chi connectivity index (χ2v) is 10.5. The number of fused-ring (bicyclic) bond motifs is 1. The molecule has 4 rings (SSSR count). The molecule has 10 nitrogen and oxygen atoms in total. The minimum atomic E-state index is -0.969. The lowest BCUT2D eigenvalue weighted by molar-refractivity contribution is 0.0646. The van der Waals surface area contributed by atoms with Crippen LogP contribution in [0, 0.1) is 23.2 Å². The van der Waals surface area contributed by atoms with Crippen LogP contribution in [0.25, 0.3) is 11.2 Å². The summed E-state index contributed by atoms with van der Waals surface area (Å²) in [6, 6.07) is 8.91. The lowest BCUT2D eigenvalue weighted by Crippen LogP contribution is -2.57. The van der Waals surface area contributed by atoms with Gasteiger partial charge in [0.2, 0.25) is 11.2 Å². The zero-order valence-corrected chi connectivity index (χ0v) is 22.7. The van der Waals surface area contributed by atoms with Crippen molar-refractivity contribution >= 4 is 34.8 Å². The van der Waals surface area contributed by atoms with Crippen LogP contribution in [-0.4, -0.2) is 59.9 Å². The molecule has 2 aromatic heterocycles. The Morgan fingerprint density at radius 1 is 1.26 bits per heavy atom. The smallest absolute Gasteiger partial charge is 0.408 e. The Hall–Kier alpha value is -4.02. The van der Waals surface area contributed by atoms with Gasteiger partial charge in [-0.1, -0.05) is 24.1 Å². The van der Waals surface area contributed by atoms with Gasteiger partial charge in [0.25, 0.3) is 5.56 Å². The second-order valence-electron chi connectivity index (χ2n) is 10.2. The zero-order valence-electron chi connectivity index (χ0n) is 21.9. The number of hydrogen-bond acceptors (Lipinski definition) is 6. The van der Waals surface area contributed by atoms with Crippen LogP contribution in [0.2, 0.25) is 5.28 Å². The lowest BCUT2D eigenvalue weighted by atomic mass is 9.98. The van der Waals surface area contributed by atoms with Crippen molar-refractivity contribution in [1.82, 2.24) is 24.0 Å². The summed E-state index contributed by atoms with van der Waals surface area (Å²) in [6.45, 7) is 8.71. The molecular formula is C27H30ClN7O3. The van der Waals surface area contributed by atoms with Crippen LogP contribution in [0.3, 0.4) is 0 Å². The molecule has 0 aliphatic carbocycles. The summed E-state index contributed by atoms with van der Waals surface area (Å²) in [5, 5.41) is 19.4. The number of anilines is 1. The van der Waals surface area contributed by atoms with Gasteiger partial charge in [0, 0.05) is 18.6 Å². The summed E-state index contributed by atoms with van der Waals surface area (Å²) in [5.41, 5.74) is 0.591. The van der Waals surface area contributed by atoms with Crippen molar-refractivity contribution in [3.63, 3.8) is 0 Å². The molecule has 3 aromatic rings. The second kappa shape index (κ2) is 10.8. The van der Waals surface area contributed by atoms with Crippen molar-refractivity contribution in [3.8, 4) is 17.9 Å². The predicted octanol–water partition coefficient (Wildman–Crippen LogP) is 3.94. The molecule has 1 fully saturated rings. The molecule has 198 valence electrons. The highest BCUT2D eigenvalue weighted by Crippen LogP contribution is 2.28. The average Bonchev–Trinajstić information content (AvgIpc) is 3.22. The first-order valence-electron chi connectivity index (χ1n) is 12.4. The largest absolute Gasteiger partial charge is 0.465 e. The highest BCUT2D eigenvalue weighted by Gasteiger charge is 2.37. The molecule has 1 unspecified atom stereocenters. The van der Waals surface area contributed by atoms with E-state index < -0.39 is 11.6 Å². The van der Waals surface area contributed by atoms with E-state index in [9.17, 15) is 20.0 Å². The number of rotatable bonds is 5. The molecule has 1 amide bonds. The van der Waals surface area contributed by atoms with Crippen LogP contribution in [-0.2, 0) is 13.1 Å². The Balaban J connectivity index is 1.81. The van der Waals surface area contributed by atoms with Gasteiger partial charge < -0.3 is 10.0 Å². The molecule has 1 aliphatic heterocycles. The number of carbonyl (C=O) groups is 1. The van der Waals surface area contributed by atoms with Crippen LogP contribution in [0.4, 0.5) is 10.7 Å². The highest BCUT2D eigenvalue weighted by atomic mass is 35.5. The van der Waals surface area contributed by atoms with Crippen LogP contribution < -0.4 is 10.5 Å². The number of imidazole rings is 1. The number of amides is 1. The molecule has 0 radical (unpaired) electrons. The van der Waals surface area contributed by atoms with Gasteiger partial charge in [-0.15, -0.1) is 5.92 Å². The lowest BCUT2D eigenvalue weighted by Gasteiger charge is -2.44. The number of nitrogens with zero attached hydrogens (tertiary/aromatic N) is 7. The quantitative estimate of drug-likeness (QED) is 0.388. The maximum absolute atomic E-state index is 13.8. The molecule has 1 saturated heterocycles. The fraction of sp³-hybridized carbons (Fsp3) is 0.444. The zero-order chi connectivity index (χ0) is 27.6. The third kappa shape index (κ3) is 5.18. The molecule has 11 heteroatoms. The van der Waals surface area contributed by atoms with Crippen molar-refractivity contribution < 1.29 is 9.90 Å². The normalized spacial score (nSPS) is 15.6. The Bertz CT molecular complexity index is 1530. The molecule has 0 bridgehead atoms. The van der Waals surface area contributed by atoms with Crippen LogP contribution in [0.15, 0.2) is 29.1 Å². The maximum atomic E-state index is 13.8. The monoisotopic (exact) mass is 535 g/mol. The number of piperidine rings is 1. The minimum absolute atomic E-state index is 0.0330. The van der Waals surface area contributed by atoms with E-state index in [2.05, 4.69) is 27.9 Å². The number of nitriles is 1. The molecule has 1 atom stereocenters. The Morgan fingerprint density at radius 3 is 2.66 bits per heavy atom. The first kappa shape index (κ1) is 27.0. The number of halogens is 1. The van der Waals surface area contributed by atoms with E-state index in [0.717, 1.165) is 12.8 Å². The van der Waals surface area contributed by atoms with Gasteiger partial charge in [-0.3, -0.25) is 18.8 Å². The van der Waals surface area contributed by atoms with Gasteiger partial charge >= 0.3 is 6.09 Å². The van der Waals surface area contributed by atoms with E-state index >= 15 is 0 Å². The Labute approximate surface area is 226 Å². The van der Waals surface area contributed by atoms with Gasteiger partial charge in [-0.05, 0) is 63.8 Å². The summed E-state index contributed by atoms with van der Waals surface area (Å²) in [6.07, 6.45) is 0.518. The molecule has 3 heterocycles. The molecular weight excluding hydrogens is 506 g/mol. The third-order valence-corrected chi connectivity index (χ3v) is 6.94. The minimum Gasteiger partial charge on any atom is -0.465 e. The topological polar surface area (TPSA) is 120 Å². The van der Waals surface area contributed by atoms with Gasteiger partial charge in [0.15, 0.2) is 11.2 Å². The SMILES string of the molecule is CC#CCn1c(N2CCCC(N(C(=O)O)C(C)(C)C)C2)nc2nc(Cl)n(Cc3ccccc3C#N)c(=O)c21. The molecule has 0 spiro atoms. The molecule has 1 aromatic carbocycles. The Morgan fingerprint density at radius 2 is 2.00 bits per heavy atom. The van der Waals surface area contributed by atoms with Crippen molar-refractivity contribution in [2.45, 2.75) is 65.2 Å². The van der Waals surface area contributed by atoms with Gasteiger partial charge in [-0.25, -0.2) is 4.79 Å². The molecule has 38 heavy (non-hydrogen) atoms.